The molecule has 1 aliphatic rings. The number of aliphatic imine (C=N–C) groups is 1. The van der Waals surface area contributed by atoms with Gasteiger partial charge < -0.3 is 60.2 Å². The molecule has 19 nitrogen and oxygen atoms in total. The van der Waals surface area contributed by atoms with Crippen LogP contribution in [0.15, 0.2) is 4.99 Å². The summed E-state index contributed by atoms with van der Waals surface area (Å²) in [5, 5.41) is 18.4. The van der Waals surface area contributed by atoms with E-state index in [1.54, 1.807) is 0 Å². The second kappa shape index (κ2) is 22.2. The number of hydrogen-bond acceptors (Lipinski definition) is 10. The summed E-state index contributed by atoms with van der Waals surface area (Å²) in [6.07, 6.45) is 2.59. The molecule has 50 heavy (non-hydrogen) atoms. The first-order valence-corrected chi connectivity index (χ1v) is 17.0. The molecule has 0 radical (unpaired) electrons. The minimum absolute atomic E-state index is 0.0537. The number of nitrogens with two attached hydrogens (primary N) is 4. The lowest BCUT2D eigenvalue weighted by molar-refractivity contribution is -0.134. The summed E-state index contributed by atoms with van der Waals surface area (Å²) in [6.45, 7) is 9.01. The number of rotatable bonds is 22. The van der Waals surface area contributed by atoms with Crippen LogP contribution in [-0.2, 0) is 33.6 Å². The predicted molar refractivity (Wildman–Crippen MR) is 186 cm³/mol. The molecule has 0 bridgehead atoms. The van der Waals surface area contributed by atoms with Crippen LogP contribution in [0.5, 0.6) is 0 Å². The van der Waals surface area contributed by atoms with Gasteiger partial charge in [-0.05, 0) is 63.8 Å². The fourth-order valence-corrected chi connectivity index (χ4v) is 5.09. The van der Waals surface area contributed by atoms with Gasteiger partial charge in [-0.15, -0.1) is 0 Å². The van der Waals surface area contributed by atoms with Gasteiger partial charge in [0, 0.05) is 13.1 Å². The van der Waals surface area contributed by atoms with Crippen LogP contribution < -0.4 is 60.2 Å². The Labute approximate surface area is 293 Å². The van der Waals surface area contributed by atoms with E-state index in [0.29, 0.717) is 19.3 Å². The van der Waals surface area contributed by atoms with Crippen molar-refractivity contribution in [2.45, 2.75) is 109 Å². The van der Waals surface area contributed by atoms with E-state index in [4.69, 9.17) is 22.9 Å². The molecule has 19 heteroatoms. The summed E-state index contributed by atoms with van der Waals surface area (Å²) >= 11 is 0. The van der Waals surface area contributed by atoms with Crippen molar-refractivity contribution in [3.05, 3.63) is 0 Å². The first-order valence-electron chi connectivity index (χ1n) is 17.0. The van der Waals surface area contributed by atoms with E-state index >= 15 is 0 Å². The third-order valence-corrected chi connectivity index (χ3v) is 7.72. The molecule has 284 valence electrons. The Hall–Kier alpha value is -4.52. The van der Waals surface area contributed by atoms with Crippen molar-refractivity contribution in [2.24, 2.45) is 39.8 Å². The lowest BCUT2D eigenvalue weighted by Gasteiger charge is -2.25. The summed E-state index contributed by atoms with van der Waals surface area (Å²) in [7, 11) is 0. The van der Waals surface area contributed by atoms with Crippen LogP contribution in [0, 0.1) is 11.8 Å². The molecular formula is C31H58N12O7. The van der Waals surface area contributed by atoms with Crippen molar-refractivity contribution in [3.63, 3.8) is 0 Å². The van der Waals surface area contributed by atoms with Gasteiger partial charge in [0.1, 0.15) is 30.2 Å². The van der Waals surface area contributed by atoms with Crippen molar-refractivity contribution in [2.75, 3.05) is 26.2 Å². The number of carbonyl (C=O) groups excluding carboxylic acids is 7. The Bertz CT molecular complexity index is 1200. The Morgan fingerprint density at radius 2 is 1.32 bits per heavy atom. The van der Waals surface area contributed by atoms with Crippen LogP contribution >= 0.6 is 0 Å². The zero-order chi connectivity index (χ0) is 38.0. The molecule has 0 aliphatic carbocycles. The van der Waals surface area contributed by atoms with Crippen molar-refractivity contribution in [3.8, 4) is 0 Å². The van der Waals surface area contributed by atoms with Gasteiger partial charge in [-0.1, -0.05) is 27.7 Å². The minimum atomic E-state index is -1.27. The van der Waals surface area contributed by atoms with Crippen LogP contribution in [0.2, 0.25) is 0 Å². The molecule has 7 amide bonds. The highest BCUT2D eigenvalue weighted by atomic mass is 16.2. The van der Waals surface area contributed by atoms with E-state index in [-0.39, 0.29) is 55.7 Å². The van der Waals surface area contributed by atoms with E-state index in [2.05, 4.69) is 42.2 Å². The maximum absolute atomic E-state index is 13.3. The fourth-order valence-electron chi connectivity index (χ4n) is 5.09. The number of nitrogens with zero attached hydrogens (tertiary/aromatic N) is 1. The molecule has 0 aromatic carbocycles. The fraction of sp³-hybridized carbons (Fsp3) is 0.742. The van der Waals surface area contributed by atoms with Gasteiger partial charge in [-0.2, -0.15) is 0 Å². The molecule has 0 aromatic rings. The average molecular weight is 711 g/mol. The topological polar surface area (TPSA) is 320 Å². The first kappa shape index (κ1) is 43.5. The standard InChI is InChI=1S/C31H58N12O7/c1-16(2)12-21(42-28(48)20-9-7-10-36-20)27(47)38-15-24(44)40-22(13-17(3)4)29(49)43-23(14-32)30(50)39-18(5)26(46)41-19(25(33)45)8-6-11-37-31(34)35/h16-23,36H,6-15,32H2,1-5H3,(H2,33,45)(H,38,47)(H,39,50)(H,40,44)(H,41,46)(H,42,48)(H,43,49)(H4,34,35,37)/t18-,19-,20-,21-,22-,23-/m0/s1. The van der Waals surface area contributed by atoms with Gasteiger partial charge >= 0.3 is 0 Å². The van der Waals surface area contributed by atoms with Gasteiger partial charge in [0.2, 0.25) is 41.4 Å². The Morgan fingerprint density at radius 3 is 1.84 bits per heavy atom. The third-order valence-electron chi connectivity index (χ3n) is 7.72. The highest BCUT2D eigenvalue weighted by Crippen LogP contribution is 2.09. The average Bonchev–Trinajstić information content (AvgIpc) is 3.57. The van der Waals surface area contributed by atoms with Gasteiger partial charge in [0.05, 0.1) is 12.6 Å². The summed E-state index contributed by atoms with van der Waals surface area (Å²) in [5.41, 5.74) is 21.7. The van der Waals surface area contributed by atoms with Crippen LogP contribution in [0.4, 0.5) is 0 Å². The van der Waals surface area contributed by atoms with Crippen molar-refractivity contribution >= 4 is 47.3 Å². The largest absolute Gasteiger partial charge is 0.370 e. The molecule has 1 aliphatic heterocycles. The summed E-state index contributed by atoms with van der Waals surface area (Å²) < 4.78 is 0. The van der Waals surface area contributed by atoms with Crippen LogP contribution in [0.3, 0.4) is 0 Å². The van der Waals surface area contributed by atoms with E-state index in [0.717, 1.165) is 13.0 Å². The third kappa shape index (κ3) is 16.7. The van der Waals surface area contributed by atoms with Crippen molar-refractivity contribution in [1.82, 2.24) is 37.2 Å². The monoisotopic (exact) mass is 710 g/mol. The number of primary amides is 1. The first-order chi connectivity index (χ1) is 23.4. The molecule has 15 N–H and O–H groups in total. The van der Waals surface area contributed by atoms with Crippen LogP contribution in [0.1, 0.15) is 73.1 Å². The lowest BCUT2D eigenvalue weighted by Crippen LogP contribution is -2.59. The van der Waals surface area contributed by atoms with Crippen LogP contribution in [-0.4, -0.2) is 110 Å². The normalized spacial score (nSPS) is 17.0. The van der Waals surface area contributed by atoms with E-state index in [9.17, 15) is 33.6 Å². The second-order valence-corrected chi connectivity index (χ2v) is 13.2. The number of amides is 7. The molecule has 0 spiro atoms. The maximum atomic E-state index is 13.3. The minimum Gasteiger partial charge on any atom is -0.370 e. The summed E-state index contributed by atoms with van der Waals surface area (Å²) in [6, 6.07) is -5.76. The van der Waals surface area contributed by atoms with Crippen LogP contribution in [0.25, 0.3) is 0 Å². The lowest BCUT2D eigenvalue weighted by atomic mass is 10.0. The molecule has 0 unspecified atom stereocenters. The molecule has 1 fully saturated rings. The Balaban J connectivity index is 2.79. The maximum Gasteiger partial charge on any atom is 0.244 e. The highest BCUT2D eigenvalue weighted by Gasteiger charge is 2.31. The van der Waals surface area contributed by atoms with E-state index < -0.39 is 72.2 Å². The molecule has 0 aromatic heterocycles. The van der Waals surface area contributed by atoms with Gasteiger partial charge in [0.25, 0.3) is 0 Å². The molecule has 6 atom stereocenters. The molecule has 1 heterocycles. The van der Waals surface area contributed by atoms with Gasteiger partial charge in [-0.25, -0.2) is 0 Å². The van der Waals surface area contributed by atoms with Crippen molar-refractivity contribution < 1.29 is 33.6 Å². The van der Waals surface area contributed by atoms with Gasteiger partial charge in [-0.3, -0.25) is 38.6 Å². The molecule has 0 saturated carbocycles. The summed E-state index contributed by atoms with van der Waals surface area (Å²) in [4.78, 5) is 93.1. The predicted octanol–water partition coefficient (Wildman–Crippen LogP) is -4.11. The quantitative estimate of drug-likeness (QED) is 0.0291. The number of hydrogen-bond donors (Lipinski definition) is 11. The van der Waals surface area contributed by atoms with Gasteiger partial charge in [0.15, 0.2) is 5.96 Å². The smallest absolute Gasteiger partial charge is 0.244 e. The number of carbonyl (C=O) groups is 7. The molecular weight excluding hydrogens is 652 g/mol. The van der Waals surface area contributed by atoms with E-state index in [1.807, 2.05) is 27.7 Å². The van der Waals surface area contributed by atoms with E-state index in [1.165, 1.54) is 6.92 Å². The zero-order valence-corrected chi connectivity index (χ0v) is 29.8. The molecule has 1 saturated heterocycles. The number of nitrogens with one attached hydrogen (secondary N) is 7. The van der Waals surface area contributed by atoms with Crippen molar-refractivity contribution in [1.29, 1.82) is 0 Å². The Morgan fingerprint density at radius 1 is 0.740 bits per heavy atom. The Kier molecular flexibility index (Phi) is 19.4. The highest BCUT2D eigenvalue weighted by molar-refractivity contribution is 5.96. The summed E-state index contributed by atoms with van der Waals surface area (Å²) in [5.74, 6) is -4.53. The molecule has 1 rings (SSSR count). The zero-order valence-electron chi connectivity index (χ0n) is 29.8. The second-order valence-electron chi connectivity index (χ2n) is 13.2. The SMILES string of the molecule is CC(C)C[C@H](NC(=O)CNC(=O)[C@H](CC(C)C)NC(=O)[C@@H]1CCCN1)C(=O)N[C@@H](CN)C(=O)N[C@@H](C)C(=O)N[C@@H](CCCN=C(N)N)C(N)=O. The number of guanidine groups is 1.